The fraction of sp³-hybridized carbons (Fsp3) is 0.172. The summed E-state index contributed by atoms with van der Waals surface area (Å²) in [6.45, 7) is 3.41. The van der Waals surface area contributed by atoms with E-state index < -0.39 is 33.6 Å². The van der Waals surface area contributed by atoms with Crippen molar-refractivity contribution < 1.29 is 35.9 Å². The zero-order chi connectivity index (χ0) is 29.1. The van der Waals surface area contributed by atoms with Gasteiger partial charge in [-0.15, -0.1) is 24.5 Å². The molecule has 0 saturated heterocycles. The molecule has 1 N–H and O–H groups in total. The van der Waals surface area contributed by atoms with Gasteiger partial charge < -0.3 is 10.1 Å². The third-order valence-corrected chi connectivity index (χ3v) is 8.71. The summed E-state index contributed by atoms with van der Waals surface area (Å²) in [5, 5.41) is 3.07. The van der Waals surface area contributed by atoms with Crippen LogP contribution in [0.5, 0.6) is 5.75 Å². The Morgan fingerprint density at radius 1 is 0.950 bits per heavy atom. The Balaban J connectivity index is 1.65. The Bertz CT molecular complexity index is 1660. The van der Waals surface area contributed by atoms with Gasteiger partial charge in [-0.25, -0.2) is 8.42 Å². The van der Waals surface area contributed by atoms with Crippen LogP contribution in [0.1, 0.15) is 33.3 Å². The lowest BCUT2D eigenvalue weighted by molar-refractivity contribution is -0.274. The normalized spacial score (nSPS) is 11.7. The Morgan fingerprint density at radius 3 is 2.30 bits per heavy atom. The molecule has 1 amide bonds. The second kappa shape index (κ2) is 11.6. The molecule has 0 bridgehead atoms. The number of rotatable bonds is 9. The summed E-state index contributed by atoms with van der Waals surface area (Å²) in [5.74, 6) is -1.76. The Morgan fingerprint density at radius 2 is 1.65 bits per heavy atom. The molecule has 0 unspecified atom stereocenters. The average molecular weight is 588 g/mol. The number of aryl methyl sites for hydroxylation is 1. The summed E-state index contributed by atoms with van der Waals surface area (Å²) >= 11 is 0.940. The van der Waals surface area contributed by atoms with Crippen LogP contribution in [-0.2, 0) is 21.1 Å². The van der Waals surface area contributed by atoms with Crippen molar-refractivity contribution in [1.29, 1.82) is 0 Å². The van der Waals surface area contributed by atoms with Gasteiger partial charge in [0.15, 0.2) is 9.84 Å². The third kappa shape index (κ3) is 6.97. The molecule has 0 aliphatic rings. The Hall–Kier alpha value is -3.96. The fourth-order valence-electron chi connectivity index (χ4n) is 3.99. The van der Waals surface area contributed by atoms with E-state index in [1.165, 1.54) is 30.3 Å². The van der Waals surface area contributed by atoms with Crippen molar-refractivity contribution in [2.45, 2.75) is 31.5 Å². The van der Waals surface area contributed by atoms with E-state index in [9.17, 15) is 31.2 Å². The molecule has 0 radical (unpaired) electrons. The number of benzene rings is 3. The van der Waals surface area contributed by atoms with E-state index in [1.54, 1.807) is 37.3 Å². The van der Waals surface area contributed by atoms with E-state index >= 15 is 0 Å². The Kier molecular flexibility index (Phi) is 8.45. The number of ketones is 1. The van der Waals surface area contributed by atoms with Crippen molar-refractivity contribution in [3.63, 3.8) is 0 Å². The summed E-state index contributed by atoms with van der Waals surface area (Å²) in [5.41, 5.74) is 2.32. The number of para-hydroxylation sites is 1. The maximum atomic E-state index is 13.6. The van der Waals surface area contributed by atoms with E-state index in [4.69, 9.17) is 0 Å². The van der Waals surface area contributed by atoms with Crippen LogP contribution in [0.4, 0.5) is 18.2 Å². The maximum absolute atomic E-state index is 13.6. The zero-order valence-electron chi connectivity index (χ0n) is 21.4. The SMILES string of the molecule is CCS(=O)(=O)c1ccc(CC(=O)Nc2cc(-c3cccc(C)c3)c(C(=O)c3ccccc3OC(F)(F)F)s2)cc1. The molecule has 4 rings (SSSR count). The molecule has 40 heavy (non-hydrogen) atoms. The molecule has 6 nitrogen and oxygen atoms in total. The first-order valence-corrected chi connectivity index (χ1v) is 14.5. The second-order valence-electron chi connectivity index (χ2n) is 8.87. The topological polar surface area (TPSA) is 89.5 Å². The fourth-order valence-corrected chi connectivity index (χ4v) is 5.92. The van der Waals surface area contributed by atoms with Gasteiger partial charge in [-0.2, -0.15) is 0 Å². The molecule has 0 aliphatic carbocycles. The zero-order valence-corrected chi connectivity index (χ0v) is 23.0. The number of thiophene rings is 1. The lowest BCUT2D eigenvalue weighted by Gasteiger charge is -2.12. The van der Waals surface area contributed by atoms with Crippen LogP contribution in [0, 0.1) is 6.92 Å². The molecule has 1 aromatic heterocycles. The summed E-state index contributed by atoms with van der Waals surface area (Å²) in [6, 6.07) is 20.0. The summed E-state index contributed by atoms with van der Waals surface area (Å²) in [4.78, 5) is 26.7. The van der Waals surface area contributed by atoms with Crippen LogP contribution in [-0.4, -0.2) is 32.2 Å². The number of sulfone groups is 1. The van der Waals surface area contributed by atoms with Crippen molar-refractivity contribution in [3.05, 3.63) is 100 Å². The highest BCUT2D eigenvalue weighted by atomic mass is 32.2. The number of hydrogen-bond acceptors (Lipinski definition) is 6. The van der Waals surface area contributed by atoms with Crippen LogP contribution < -0.4 is 10.1 Å². The average Bonchev–Trinajstić information content (AvgIpc) is 3.31. The molecule has 11 heteroatoms. The molecular weight excluding hydrogens is 563 g/mol. The highest BCUT2D eigenvalue weighted by molar-refractivity contribution is 7.91. The summed E-state index contributed by atoms with van der Waals surface area (Å²) < 4.78 is 67.1. The van der Waals surface area contributed by atoms with Crippen LogP contribution in [0.25, 0.3) is 11.1 Å². The third-order valence-electron chi connectivity index (χ3n) is 5.91. The number of carbonyl (C=O) groups is 2. The van der Waals surface area contributed by atoms with E-state index in [0.717, 1.165) is 23.0 Å². The molecule has 4 aromatic rings. The lowest BCUT2D eigenvalue weighted by atomic mass is 10.00. The molecule has 1 heterocycles. The predicted octanol–water partition coefficient (Wildman–Crippen LogP) is 6.83. The maximum Gasteiger partial charge on any atom is 0.573 e. The van der Waals surface area contributed by atoms with Gasteiger partial charge in [-0.3, -0.25) is 9.59 Å². The molecule has 0 spiro atoms. The van der Waals surface area contributed by atoms with Gasteiger partial charge in [0, 0.05) is 5.56 Å². The molecule has 208 valence electrons. The van der Waals surface area contributed by atoms with Gasteiger partial charge in [0.2, 0.25) is 11.7 Å². The smallest absolute Gasteiger partial charge is 0.405 e. The number of carbonyl (C=O) groups excluding carboxylic acids is 2. The molecule has 3 aromatic carbocycles. The van der Waals surface area contributed by atoms with Crippen molar-refractivity contribution >= 4 is 37.9 Å². The summed E-state index contributed by atoms with van der Waals surface area (Å²) in [7, 11) is -3.37. The summed E-state index contributed by atoms with van der Waals surface area (Å²) in [6.07, 6.45) is -5.04. The number of nitrogens with one attached hydrogen (secondary N) is 1. The number of ether oxygens (including phenoxy) is 1. The monoisotopic (exact) mass is 587 g/mol. The second-order valence-corrected chi connectivity index (χ2v) is 12.2. The minimum atomic E-state index is -4.98. The first-order chi connectivity index (χ1) is 18.9. The molecule has 0 aliphatic heterocycles. The van der Waals surface area contributed by atoms with Crippen molar-refractivity contribution in [2.24, 2.45) is 0 Å². The van der Waals surface area contributed by atoms with E-state index in [2.05, 4.69) is 10.1 Å². The van der Waals surface area contributed by atoms with Gasteiger partial charge in [0.1, 0.15) is 5.75 Å². The van der Waals surface area contributed by atoms with Gasteiger partial charge >= 0.3 is 6.36 Å². The van der Waals surface area contributed by atoms with Crippen molar-refractivity contribution in [1.82, 2.24) is 0 Å². The number of hydrogen-bond donors (Lipinski definition) is 1. The molecular formula is C29H24F3NO5S2. The van der Waals surface area contributed by atoms with E-state index in [-0.39, 0.29) is 27.5 Å². The van der Waals surface area contributed by atoms with E-state index in [0.29, 0.717) is 21.7 Å². The van der Waals surface area contributed by atoms with Gasteiger partial charge in [0.05, 0.1) is 32.5 Å². The molecule has 0 atom stereocenters. The Labute approximate surface area is 233 Å². The predicted molar refractivity (Wildman–Crippen MR) is 148 cm³/mol. The largest absolute Gasteiger partial charge is 0.573 e. The number of halogens is 3. The number of alkyl halides is 3. The van der Waals surface area contributed by atoms with Gasteiger partial charge in [0.25, 0.3) is 0 Å². The van der Waals surface area contributed by atoms with Crippen LogP contribution >= 0.6 is 11.3 Å². The first kappa shape index (κ1) is 29.0. The van der Waals surface area contributed by atoms with Gasteiger partial charge in [-0.05, 0) is 48.4 Å². The standard InChI is InChI=1S/C29H24F3NO5S2/c1-3-40(36,37)21-13-11-19(12-14-21)16-25(34)33-26-17-23(20-8-6-7-18(2)15-20)28(39-26)27(35)22-9-4-5-10-24(22)38-29(30,31)32/h4-15,17H,3,16H2,1-2H3,(H,33,34). The van der Waals surface area contributed by atoms with Crippen LogP contribution in [0.15, 0.2) is 83.8 Å². The number of anilines is 1. The highest BCUT2D eigenvalue weighted by Gasteiger charge is 2.33. The van der Waals surface area contributed by atoms with Crippen LogP contribution in [0.3, 0.4) is 0 Å². The van der Waals surface area contributed by atoms with Crippen molar-refractivity contribution in [2.75, 3.05) is 11.1 Å². The lowest BCUT2D eigenvalue weighted by Crippen LogP contribution is -2.19. The van der Waals surface area contributed by atoms with E-state index in [1.807, 2.05) is 19.1 Å². The number of amides is 1. The van der Waals surface area contributed by atoms with Crippen molar-refractivity contribution in [3.8, 4) is 16.9 Å². The quantitative estimate of drug-likeness (QED) is 0.217. The molecule has 0 saturated carbocycles. The highest BCUT2D eigenvalue weighted by Crippen LogP contribution is 2.38. The minimum absolute atomic E-state index is 0.0393. The minimum Gasteiger partial charge on any atom is -0.405 e. The first-order valence-electron chi connectivity index (χ1n) is 12.1. The molecule has 0 fully saturated rings. The van der Waals surface area contributed by atoms with Gasteiger partial charge in [-0.1, -0.05) is 61.0 Å². The van der Waals surface area contributed by atoms with Crippen LogP contribution in [0.2, 0.25) is 0 Å².